The lowest BCUT2D eigenvalue weighted by Crippen LogP contribution is -2.50. The lowest BCUT2D eigenvalue weighted by atomic mass is 9.89. The van der Waals surface area contributed by atoms with Crippen molar-refractivity contribution in [3.05, 3.63) is 35.9 Å². The molecule has 1 aromatic rings. The number of benzene rings is 1. The molecule has 0 saturated heterocycles. The predicted octanol–water partition coefficient (Wildman–Crippen LogP) is 0.596. The van der Waals surface area contributed by atoms with Crippen molar-refractivity contribution in [1.82, 2.24) is 4.72 Å². The summed E-state index contributed by atoms with van der Waals surface area (Å²) in [4.78, 5) is 0. The molecule has 0 amide bonds. The average molecular weight is 240 g/mol. The molecule has 1 aromatic carbocycles. The smallest absolute Gasteiger partial charge is 0.216 e. The maximum atomic E-state index is 11.8. The largest absolute Gasteiger partial charge is 0.328 e. The molecule has 0 bridgehead atoms. The molecule has 0 heterocycles. The van der Waals surface area contributed by atoms with E-state index in [2.05, 4.69) is 4.72 Å². The molecule has 3 N–H and O–H groups in total. The van der Waals surface area contributed by atoms with E-state index in [1.54, 1.807) is 0 Å². The van der Waals surface area contributed by atoms with Crippen LogP contribution in [0.3, 0.4) is 0 Å². The Bertz CT molecular complexity index is 438. The van der Waals surface area contributed by atoms with E-state index in [0.717, 1.165) is 18.4 Å². The molecule has 0 spiro atoms. The SMILES string of the molecule is NC1CC(NS(=O)(=O)Cc2ccccc2)C1. The number of nitrogens with two attached hydrogens (primary N) is 1. The number of sulfonamides is 1. The Morgan fingerprint density at radius 3 is 2.44 bits per heavy atom. The fraction of sp³-hybridized carbons (Fsp3) is 0.455. The van der Waals surface area contributed by atoms with Gasteiger partial charge in [0.05, 0.1) is 5.75 Å². The van der Waals surface area contributed by atoms with Crippen LogP contribution >= 0.6 is 0 Å². The molecule has 1 aliphatic rings. The van der Waals surface area contributed by atoms with Crippen LogP contribution in [0.1, 0.15) is 18.4 Å². The standard InChI is InChI=1S/C11H16N2O2S/c12-10-6-11(7-10)13-16(14,15)8-9-4-2-1-3-5-9/h1-5,10-11,13H,6-8,12H2. The highest BCUT2D eigenvalue weighted by Gasteiger charge is 2.29. The summed E-state index contributed by atoms with van der Waals surface area (Å²) in [6, 6.07) is 9.35. The first-order valence-corrected chi connectivity index (χ1v) is 7.00. The van der Waals surface area contributed by atoms with Crippen molar-refractivity contribution in [3.63, 3.8) is 0 Å². The van der Waals surface area contributed by atoms with Gasteiger partial charge in [-0.05, 0) is 18.4 Å². The Kier molecular flexibility index (Phi) is 3.28. The quantitative estimate of drug-likeness (QED) is 0.809. The molecular formula is C11H16N2O2S. The summed E-state index contributed by atoms with van der Waals surface area (Å²) < 4.78 is 26.2. The van der Waals surface area contributed by atoms with Gasteiger partial charge in [0, 0.05) is 12.1 Å². The number of nitrogens with one attached hydrogen (secondary N) is 1. The highest BCUT2D eigenvalue weighted by molar-refractivity contribution is 7.88. The van der Waals surface area contributed by atoms with Crippen molar-refractivity contribution < 1.29 is 8.42 Å². The van der Waals surface area contributed by atoms with Crippen molar-refractivity contribution in [1.29, 1.82) is 0 Å². The average Bonchev–Trinajstić information content (AvgIpc) is 2.15. The van der Waals surface area contributed by atoms with Crippen LogP contribution in [-0.4, -0.2) is 20.5 Å². The third-order valence-corrected chi connectivity index (χ3v) is 4.13. The Hall–Kier alpha value is -0.910. The molecular weight excluding hydrogens is 224 g/mol. The van der Waals surface area contributed by atoms with Crippen LogP contribution in [0.25, 0.3) is 0 Å². The van der Waals surface area contributed by atoms with Crippen molar-refractivity contribution in [2.75, 3.05) is 0 Å². The lowest BCUT2D eigenvalue weighted by Gasteiger charge is -2.32. The van der Waals surface area contributed by atoms with E-state index in [4.69, 9.17) is 5.73 Å². The molecule has 1 aliphatic carbocycles. The maximum Gasteiger partial charge on any atom is 0.216 e. The lowest BCUT2D eigenvalue weighted by molar-refractivity contribution is 0.327. The van der Waals surface area contributed by atoms with Gasteiger partial charge < -0.3 is 5.73 Å². The van der Waals surface area contributed by atoms with Gasteiger partial charge >= 0.3 is 0 Å². The summed E-state index contributed by atoms with van der Waals surface area (Å²) in [6.45, 7) is 0. The van der Waals surface area contributed by atoms with E-state index < -0.39 is 10.0 Å². The first-order chi connectivity index (χ1) is 7.55. The van der Waals surface area contributed by atoms with Crippen LogP contribution in [0.4, 0.5) is 0 Å². The van der Waals surface area contributed by atoms with Gasteiger partial charge in [0.1, 0.15) is 0 Å². The molecule has 0 aliphatic heterocycles. The van der Waals surface area contributed by atoms with Crippen molar-refractivity contribution in [2.24, 2.45) is 5.73 Å². The fourth-order valence-corrected chi connectivity index (χ4v) is 3.26. The van der Waals surface area contributed by atoms with Gasteiger partial charge in [-0.3, -0.25) is 0 Å². The number of hydrogen-bond donors (Lipinski definition) is 2. The minimum absolute atomic E-state index is 0.0312. The number of rotatable bonds is 4. The molecule has 1 saturated carbocycles. The summed E-state index contributed by atoms with van der Waals surface area (Å²) in [6.07, 6.45) is 1.49. The fourth-order valence-electron chi connectivity index (χ4n) is 1.85. The van der Waals surface area contributed by atoms with Crippen molar-refractivity contribution >= 4 is 10.0 Å². The van der Waals surface area contributed by atoms with Gasteiger partial charge in [0.25, 0.3) is 0 Å². The van der Waals surface area contributed by atoms with Gasteiger partial charge in [-0.2, -0.15) is 0 Å². The van der Waals surface area contributed by atoms with Crippen LogP contribution in [0.5, 0.6) is 0 Å². The Balaban J connectivity index is 1.93. The first kappa shape index (κ1) is 11.6. The second-order valence-corrected chi connectivity index (χ2v) is 6.04. The minimum Gasteiger partial charge on any atom is -0.328 e. The normalized spacial score (nSPS) is 25.1. The zero-order valence-electron chi connectivity index (χ0n) is 8.96. The maximum absolute atomic E-state index is 11.8. The van der Waals surface area contributed by atoms with Gasteiger partial charge in [0.2, 0.25) is 10.0 Å². The Labute approximate surface area is 95.9 Å². The molecule has 88 valence electrons. The molecule has 0 unspecified atom stereocenters. The van der Waals surface area contributed by atoms with E-state index in [1.807, 2.05) is 30.3 Å². The molecule has 0 atom stereocenters. The van der Waals surface area contributed by atoms with E-state index in [0.29, 0.717) is 0 Å². The summed E-state index contributed by atoms with van der Waals surface area (Å²) in [7, 11) is -3.22. The Morgan fingerprint density at radius 1 is 1.25 bits per heavy atom. The molecule has 5 heteroatoms. The van der Waals surface area contributed by atoms with Crippen molar-refractivity contribution in [3.8, 4) is 0 Å². The molecule has 0 aromatic heterocycles. The molecule has 1 fully saturated rings. The van der Waals surface area contributed by atoms with Gasteiger partial charge in [-0.1, -0.05) is 30.3 Å². The second kappa shape index (κ2) is 4.53. The first-order valence-electron chi connectivity index (χ1n) is 5.35. The van der Waals surface area contributed by atoms with E-state index in [1.165, 1.54) is 0 Å². The zero-order chi connectivity index (χ0) is 11.6. The summed E-state index contributed by atoms with van der Waals surface area (Å²) >= 11 is 0. The van der Waals surface area contributed by atoms with Crippen LogP contribution in [-0.2, 0) is 15.8 Å². The van der Waals surface area contributed by atoms with Gasteiger partial charge in [-0.25, -0.2) is 13.1 Å². The number of hydrogen-bond acceptors (Lipinski definition) is 3. The molecule has 2 rings (SSSR count). The van der Waals surface area contributed by atoms with Crippen LogP contribution in [0.2, 0.25) is 0 Å². The van der Waals surface area contributed by atoms with Gasteiger partial charge in [0.15, 0.2) is 0 Å². The van der Waals surface area contributed by atoms with Gasteiger partial charge in [-0.15, -0.1) is 0 Å². The third-order valence-electron chi connectivity index (χ3n) is 2.72. The summed E-state index contributed by atoms with van der Waals surface area (Å²) in [5, 5.41) is 0. The van der Waals surface area contributed by atoms with E-state index in [9.17, 15) is 8.42 Å². The molecule has 4 nitrogen and oxygen atoms in total. The van der Waals surface area contributed by atoms with Crippen LogP contribution in [0.15, 0.2) is 30.3 Å². The monoisotopic (exact) mass is 240 g/mol. The minimum atomic E-state index is -3.22. The highest BCUT2D eigenvalue weighted by Crippen LogP contribution is 2.19. The van der Waals surface area contributed by atoms with Crippen LogP contribution < -0.4 is 10.5 Å². The van der Waals surface area contributed by atoms with Crippen molar-refractivity contribution in [2.45, 2.75) is 30.7 Å². The Morgan fingerprint density at radius 2 is 1.88 bits per heavy atom. The molecule has 0 radical (unpaired) electrons. The summed E-state index contributed by atoms with van der Waals surface area (Å²) in [5.41, 5.74) is 6.41. The third kappa shape index (κ3) is 3.04. The van der Waals surface area contributed by atoms with E-state index >= 15 is 0 Å². The predicted molar refractivity (Wildman–Crippen MR) is 63.2 cm³/mol. The van der Waals surface area contributed by atoms with E-state index in [-0.39, 0.29) is 17.8 Å². The topological polar surface area (TPSA) is 72.2 Å². The summed E-state index contributed by atoms with van der Waals surface area (Å²) in [5.74, 6) is 0.0412. The second-order valence-electron chi connectivity index (χ2n) is 4.29. The highest BCUT2D eigenvalue weighted by atomic mass is 32.2. The zero-order valence-corrected chi connectivity index (χ0v) is 9.78. The van der Waals surface area contributed by atoms with Crippen LogP contribution in [0, 0.1) is 0 Å². The molecule has 16 heavy (non-hydrogen) atoms.